The highest BCUT2D eigenvalue weighted by Crippen LogP contribution is 2.40. The molecule has 2 heteroatoms. The average Bonchev–Trinajstić information content (AvgIpc) is 2.41. The summed E-state index contributed by atoms with van der Waals surface area (Å²) in [5.74, 6) is 2.70. The molecule has 0 aromatic rings. The van der Waals surface area contributed by atoms with Crippen molar-refractivity contribution in [3.63, 3.8) is 0 Å². The van der Waals surface area contributed by atoms with Crippen LogP contribution < -0.4 is 0 Å². The zero-order chi connectivity index (χ0) is 12.8. The highest BCUT2D eigenvalue weighted by atomic mass is 35.5. The van der Waals surface area contributed by atoms with Gasteiger partial charge in [0.2, 0.25) is 0 Å². The van der Waals surface area contributed by atoms with Gasteiger partial charge in [-0.1, -0.05) is 17.7 Å². The van der Waals surface area contributed by atoms with Crippen LogP contribution in [0.15, 0.2) is 11.6 Å². The molecule has 0 radical (unpaired) electrons. The standard InChI is InChI=1S/C16H27ClO/c1-2-18-16-9-7-15(8-10-16)14-5-3-13(4-6-14)11-12-17/h11-16H,2-10H2,1H3. The molecule has 2 fully saturated rings. The van der Waals surface area contributed by atoms with Crippen LogP contribution in [-0.4, -0.2) is 12.7 Å². The molecule has 2 aliphatic carbocycles. The Morgan fingerprint density at radius 1 is 0.944 bits per heavy atom. The molecular weight excluding hydrogens is 244 g/mol. The number of hydrogen-bond donors (Lipinski definition) is 0. The number of rotatable bonds is 4. The van der Waals surface area contributed by atoms with Crippen molar-refractivity contribution in [2.24, 2.45) is 17.8 Å². The van der Waals surface area contributed by atoms with Crippen molar-refractivity contribution in [3.05, 3.63) is 11.6 Å². The van der Waals surface area contributed by atoms with E-state index in [1.54, 1.807) is 5.54 Å². The molecule has 0 aromatic carbocycles. The van der Waals surface area contributed by atoms with E-state index in [4.69, 9.17) is 16.3 Å². The third-order valence-corrected chi connectivity index (χ3v) is 5.09. The van der Waals surface area contributed by atoms with E-state index in [2.05, 4.69) is 13.0 Å². The van der Waals surface area contributed by atoms with E-state index < -0.39 is 0 Å². The van der Waals surface area contributed by atoms with Gasteiger partial charge >= 0.3 is 0 Å². The Bertz CT molecular complexity index is 248. The maximum Gasteiger partial charge on any atom is 0.0575 e. The molecule has 0 bridgehead atoms. The fourth-order valence-corrected chi connectivity index (χ4v) is 4.08. The van der Waals surface area contributed by atoms with E-state index in [0.29, 0.717) is 6.10 Å². The third-order valence-electron chi connectivity index (χ3n) is 4.95. The largest absolute Gasteiger partial charge is 0.379 e. The number of ether oxygens (including phenoxy) is 1. The van der Waals surface area contributed by atoms with Crippen LogP contribution >= 0.6 is 11.6 Å². The second kappa shape index (κ2) is 7.55. The summed E-state index contributed by atoms with van der Waals surface area (Å²) in [5, 5.41) is 0. The Hall–Kier alpha value is -0.0100. The van der Waals surface area contributed by atoms with Gasteiger partial charge in [-0.05, 0) is 76.0 Å². The van der Waals surface area contributed by atoms with Crippen molar-refractivity contribution < 1.29 is 4.74 Å². The van der Waals surface area contributed by atoms with Crippen molar-refractivity contribution in [1.82, 2.24) is 0 Å². The van der Waals surface area contributed by atoms with Crippen molar-refractivity contribution in [2.45, 2.75) is 64.4 Å². The smallest absolute Gasteiger partial charge is 0.0575 e. The van der Waals surface area contributed by atoms with E-state index in [1.807, 2.05) is 0 Å². The molecule has 0 unspecified atom stereocenters. The van der Waals surface area contributed by atoms with Gasteiger partial charge in [0.1, 0.15) is 0 Å². The predicted molar refractivity (Wildman–Crippen MR) is 77.8 cm³/mol. The molecule has 18 heavy (non-hydrogen) atoms. The number of hydrogen-bond acceptors (Lipinski definition) is 1. The lowest BCUT2D eigenvalue weighted by Crippen LogP contribution is -2.28. The van der Waals surface area contributed by atoms with Gasteiger partial charge in [-0.25, -0.2) is 0 Å². The SMILES string of the molecule is CCOC1CCC(C2CCC(C=CCl)CC2)CC1. The van der Waals surface area contributed by atoms with Crippen LogP contribution in [-0.2, 0) is 4.74 Å². The molecule has 2 aliphatic rings. The van der Waals surface area contributed by atoms with Crippen LogP contribution in [0.4, 0.5) is 0 Å². The van der Waals surface area contributed by atoms with Gasteiger partial charge in [-0.15, -0.1) is 0 Å². The molecule has 104 valence electrons. The minimum absolute atomic E-state index is 0.557. The maximum atomic E-state index is 5.74. The van der Waals surface area contributed by atoms with Gasteiger partial charge in [0.25, 0.3) is 0 Å². The first kappa shape index (κ1) is 14.4. The van der Waals surface area contributed by atoms with Crippen molar-refractivity contribution in [3.8, 4) is 0 Å². The lowest BCUT2D eigenvalue weighted by atomic mass is 9.70. The van der Waals surface area contributed by atoms with Gasteiger partial charge in [0.15, 0.2) is 0 Å². The second-order valence-corrected chi connectivity index (χ2v) is 6.24. The third kappa shape index (κ3) is 3.99. The summed E-state index contributed by atoms with van der Waals surface area (Å²) in [6.07, 6.45) is 13.6. The Balaban J connectivity index is 1.71. The normalized spacial score (nSPS) is 38.1. The molecule has 0 spiro atoms. The van der Waals surface area contributed by atoms with Crippen molar-refractivity contribution in [2.75, 3.05) is 6.61 Å². The fourth-order valence-electron chi connectivity index (χ4n) is 3.87. The average molecular weight is 271 g/mol. The highest BCUT2D eigenvalue weighted by Gasteiger charge is 2.30. The molecule has 0 amide bonds. The second-order valence-electron chi connectivity index (χ2n) is 5.99. The number of halogens is 1. The van der Waals surface area contributed by atoms with Gasteiger partial charge < -0.3 is 4.74 Å². The summed E-state index contributed by atoms with van der Waals surface area (Å²) in [4.78, 5) is 0. The van der Waals surface area contributed by atoms with E-state index in [0.717, 1.165) is 24.4 Å². The molecule has 0 heterocycles. The number of allylic oxidation sites excluding steroid dienone is 1. The van der Waals surface area contributed by atoms with E-state index in [-0.39, 0.29) is 0 Å². The monoisotopic (exact) mass is 270 g/mol. The zero-order valence-electron chi connectivity index (χ0n) is 11.6. The van der Waals surface area contributed by atoms with Crippen LogP contribution in [0.3, 0.4) is 0 Å². The van der Waals surface area contributed by atoms with Gasteiger partial charge in [-0.2, -0.15) is 0 Å². The molecule has 0 aliphatic heterocycles. The van der Waals surface area contributed by atoms with Crippen LogP contribution in [0.1, 0.15) is 58.3 Å². The first-order valence-electron chi connectivity index (χ1n) is 7.72. The Morgan fingerprint density at radius 2 is 1.50 bits per heavy atom. The van der Waals surface area contributed by atoms with E-state index in [9.17, 15) is 0 Å². The summed E-state index contributed by atoms with van der Waals surface area (Å²) < 4.78 is 5.74. The Morgan fingerprint density at radius 3 is 2.00 bits per heavy atom. The minimum Gasteiger partial charge on any atom is -0.379 e. The summed E-state index contributed by atoms with van der Waals surface area (Å²) in [7, 11) is 0. The Labute approximate surface area is 117 Å². The van der Waals surface area contributed by atoms with Crippen molar-refractivity contribution in [1.29, 1.82) is 0 Å². The summed E-state index contributed by atoms with van der Waals surface area (Å²) in [6.45, 7) is 2.99. The molecular formula is C16H27ClO. The molecule has 0 aromatic heterocycles. The lowest BCUT2D eigenvalue weighted by molar-refractivity contribution is 0.0142. The highest BCUT2D eigenvalue weighted by molar-refractivity contribution is 6.25. The first-order chi connectivity index (χ1) is 8.83. The first-order valence-corrected chi connectivity index (χ1v) is 8.15. The summed E-state index contributed by atoms with van der Waals surface area (Å²) in [6, 6.07) is 0. The fraction of sp³-hybridized carbons (Fsp3) is 0.875. The Kier molecular flexibility index (Phi) is 6.04. The molecule has 2 saturated carbocycles. The lowest BCUT2D eigenvalue weighted by Gasteiger charge is -2.37. The van der Waals surface area contributed by atoms with Crippen LogP contribution in [0.25, 0.3) is 0 Å². The molecule has 0 atom stereocenters. The summed E-state index contributed by atoms with van der Waals surface area (Å²) in [5.41, 5.74) is 1.71. The van der Waals surface area contributed by atoms with Crippen LogP contribution in [0.2, 0.25) is 0 Å². The van der Waals surface area contributed by atoms with E-state index in [1.165, 1.54) is 51.4 Å². The van der Waals surface area contributed by atoms with Gasteiger partial charge in [-0.3, -0.25) is 0 Å². The van der Waals surface area contributed by atoms with E-state index >= 15 is 0 Å². The van der Waals surface area contributed by atoms with Crippen molar-refractivity contribution >= 4 is 11.6 Å². The van der Waals surface area contributed by atoms with Gasteiger partial charge in [0, 0.05) is 12.1 Å². The minimum atomic E-state index is 0.557. The maximum absolute atomic E-state index is 5.74. The quantitative estimate of drug-likeness (QED) is 0.687. The molecule has 0 saturated heterocycles. The van der Waals surface area contributed by atoms with Gasteiger partial charge in [0.05, 0.1) is 6.10 Å². The topological polar surface area (TPSA) is 9.23 Å². The van der Waals surface area contributed by atoms with Crippen LogP contribution in [0.5, 0.6) is 0 Å². The molecule has 1 nitrogen and oxygen atoms in total. The molecule has 2 rings (SSSR count). The predicted octanol–water partition coefficient (Wildman–Crippen LogP) is 5.14. The molecule has 0 N–H and O–H groups in total. The van der Waals surface area contributed by atoms with Crippen LogP contribution in [0, 0.1) is 17.8 Å². The summed E-state index contributed by atoms with van der Waals surface area (Å²) >= 11 is 5.67. The zero-order valence-corrected chi connectivity index (χ0v) is 12.4.